The molecule has 0 fully saturated rings. The van der Waals surface area contributed by atoms with Gasteiger partial charge < -0.3 is 10.7 Å². The van der Waals surface area contributed by atoms with Crippen LogP contribution in [0.5, 0.6) is 0 Å². The lowest BCUT2D eigenvalue weighted by atomic mass is 10.0. The molecule has 2 unspecified atom stereocenters. The van der Waals surface area contributed by atoms with Gasteiger partial charge in [-0.2, -0.15) is 0 Å². The molecule has 12 heavy (non-hydrogen) atoms. The SMILES string of the molecule is C/C=N\C(NC=N)C(C)C(C)=N. The Morgan fingerprint density at radius 1 is 1.58 bits per heavy atom. The molecule has 0 aliphatic carbocycles. The molecule has 4 nitrogen and oxygen atoms in total. The average Bonchev–Trinajstić information content (AvgIpc) is 2.03. The lowest BCUT2D eigenvalue weighted by molar-refractivity contribution is 0.539. The topological polar surface area (TPSA) is 72.1 Å². The van der Waals surface area contributed by atoms with Gasteiger partial charge in [-0.1, -0.05) is 6.92 Å². The fourth-order valence-electron chi connectivity index (χ4n) is 0.799. The molecule has 0 aromatic heterocycles. The first-order valence-electron chi connectivity index (χ1n) is 3.91. The van der Waals surface area contributed by atoms with Crippen molar-refractivity contribution in [3.05, 3.63) is 0 Å². The third kappa shape index (κ3) is 3.27. The first kappa shape index (κ1) is 10.8. The monoisotopic (exact) mass is 168 g/mol. The Balaban J connectivity index is 4.27. The second-order valence-corrected chi connectivity index (χ2v) is 2.63. The highest BCUT2D eigenvalue weighted by Gasteiger charge is 2.15. The van der Waals surface area contributed by atoms with Gasteiger partial charge in [0, 0.05) is 11.6 Å². The first-order chi connectivity index (χ1) is 5.63. The lowest BCUT2D eigenvalue weighted by Gasteiger charge is -2.18. The summed E-state index contributed by atoms with van der Waals surface area (Å²) in [6.45, 7) is 5.48. The van der Waals surface area contributed by atoms with Crippen molar-refractivity contribution < 1.29 is 0 Å². The molecular formula is C8H16N4. The molecule has 0 aliphatic heterocycles. The van der Waals surface area contributed by atoms with Crippen LogP contribution in [0, 0.1) is 16.7 Å². The van der Waals surface area contributed by atoms with E-state index in [2.05, 4.69) is 10.3 Å². The Labute approximate surface area is 73.1 Å². The minimum atomic E-state index is -0.176. The normalized spacial score (nSPS) is 15.6. The maximum atomic E-state index is 7.40. The van der Waals surface area contributed by atoms with Crippen LogP contribution in [0.25, 0.3) is 0 Å². The number of hydrogen-bond acceptors (Lipinski definition) is 3. The number of aliphatic imine (C=N–C) groups is 1. The van der Waals surface area contributed by atoms with Crippen LogP contribution in [-0.4, -0.2) is 24.4 Å². The fraction of sp³-hybridized carbons (Fsp3) is 0.625. The van der Waals surface area contributed by atoms with E-state index in [0.29, 0.717) is 5.71 Å². The van der Waals surface area contributed by atoms with Crippen molar-refractivity contribution in [3.8, 4) is 0 Å². The van der Waals surface area contributed by atoms with Crippen LogP contribution < -0.4 is 5.32 Å². The zero-order valence-corrected chi connectivity index (χ0v) is 7.76. The van der Waals surface area contributed by atoms with Gasteiger partial charge in [-0.25, -0.2) is 0 Å². The van der Waals surface area contributed by atoms with E-state index in [1.807, 2.05) is 13.8 Å². The molecular weight excluding hydrogens is 152 g/mol. The largest absolute Gasteiger partial charge is 0.355 e. The average molecular weight is 168 g/mol. The highest BCUT2D eigenvalue weighted by atomic mass is 15.1. The van der Waals surface area contributed by atoms with E-state index in [9.17, 15) is 0 Å². The van der Waals surface area contributed by atoms with Crippen LogP contribution in [-0.2, 0) is 0 Å². The van der Waals surface area contributed by atoms with E-state index in [1.54, 1.807) is 13.1 Å². The molecule has 2 atom stereocenters. The summed E-state index contributed by atoms with van der Waals surface area (Å²) in [5.74, 6) is 0.0304. The van der Waals surface area contributed by atoms with E-state index in [1.165, 1.54) is 0 Å². The summed E-state index contributed by atoms with van der Waals surface area (Å²) < 4.78 is 0. The Kier molecular flexibility index (Phi) is 4.92. The van der Waals surface area contributed by atoms with E-state index in [4.69, 9.17) is 10.8 Å². The van der Waals surface area contributed by atoms with Crippen molar-refractivity contribution in [1.82, 2.24) is 5.32 Å². The van der Waals surface area contributed by atoms with Crippen LogP contribution >= 0.6 is 0 Å². The Morgan fingerprint density at radius 2 is 2.17 bits per heavy atom. The minimum Gasteiger partial charge on any atom is -0.355 e. The van der Waals surface area contributed by atoms with E-state index >= 15 is 0 Å². The molecule has 0 heterocycles. The number of hydrogen-bond donors (Lipinski definition) is 3. The summed E-state index contributed by atoms with van der Waals surface area (Å²) in [7, 11) is 0. The fourth-order valence-corrected chi connectivity index (χ4v) is 0.799. The minimum absolute atomic E-state index is 0.0304. The van der Waals surface area contributed by atoms with Crippen LogP contribution in [0.15, 0.2) is 4.99 Å². The smallest absolute Gasteiger partial charge is 0.126 e. The molecule has 4 heteroatoms. The number of nitrogens with one attached hydrogen (secondary N) is 3. The molecule has 0 saturated heterocycles. The van der Waals surface area contributed by atoms with E-state index < -0.39 is 0 Å². The standard InChI is InChI=1S/C8H16N4/c1-4-11-8(12-5-9)6(2)7(3)10/h4-6,8,10H,1-3H3,(H2,9,12)/b10-7?,11-4-. The highest BCUT2D eigenvalue weighted by molar-refractivity contribution is 5.82. The van der Waals surface area contributed by atoms with Crippen molar-refractivity contribution in [1.29, 1.82) is 10.8 Å². The Hall–Kier alpha value is -1.19. The summed E-state index contributed by atoms with van der Waals surface area (Å²) in [5.41, 5.74) is 0.569. The molecule has 0 spiro atoms. The quantitative estimate of drug-likeness (QED) is 0.420. The van der Waals surface area contributed by atoms with Crippen LogP contribution in [0.2, 0.25) is 0 Å². The van der Waals surface area contributed by atoms with Gasteiger partial charge in [0.15, 0.2) is 0 Å². The summed E-state index contributed by atoms with van der Waals surface area (Å²) in [6, 6.07) is 0. The third-order valence-corrected chi connectivity index (χ3v) is 1.72. The maximum Gasteiger partial charge on any atom is 0.126 e. The zero-order valence-electron chi connectivity index (χ0n) is 7.76. The zero-order chi connectivity index (χ0) is 9.56. The summed E-state index contributed by atoms with van der Waals surface area (Å²) >= 11 is 0. The number of rotatable bonds is 5. The van der Waals surface area contributed by atoms with Gasteiger partial charge in [0.1, 0.15) is 6.17 Å². The number of nitrogens with zero attached hydrogens (tertiary/aromatic N) is 1. The molecule has 0 aromatic carbocycles. The van der Waals surface area contributed by atoms with E-state index in [-0.39, 0.29) is 12.1 Å². The molecule has 0 radical (unpaired) electrons. The molecule has 3 N–H and O–H groups in total. The lowest BCUT2D eigenvalue weighted by Crippen LogP contribution is -2.35. The van der Waals surface area contributed by atoms with Crippen molar-refractivity contribution in [2.24, 2.45) is 10.9 Å². The van der Waals surface area contributed by atoms with Crippen LogP contribution in [0.1, 0.15) is 20.8 Å². The summed E-state index contributed by atoms with van der Waals surface area (Å²) in [6.07, 6.45) is 2.61. The summed E-state index contributed by atoms with van der Waals surface area (Å²) in [5, 5.41) is 17.0. The molecule has 0 bridgehead atoms. The summed E-state index contributed by atoms with van der Waals surface area (Å²) in [4.78, 5) is 4.11. The predicted molar refractivity (Wildman–Crippen MR) is 52.4 cm³/mol. The van der Waals surface area contributed by atoms with E-state index in [0.717, 1.165) is 6.34 Å². The maximum absolute atomic E-state index is 7.40. The van der Waals surface area contributed by atoms with Crippen molar-refractivity contribution >= 4 is 18.3 Å². The van der Waals surface area contributed by atoms with Crippen molar-refractivity contribution in [2.75, 3.05) is 0 Å². The van der Waals surface area contributed by atoms with Gasteiger partial charge in [-0.3, -0.25) is 10.4 Å². The van der Waals surface area contributed by atoms with Gasteiger partial charge in [0.2, 0.25) is 0 Å². The van der Waals surface area contributed by atoms with Gasteiger partial charge in [-0.15, -0.1) is 0 Å². The highest BCUT2D eigenvalue weighted by Crippen LogP contribution is 2.04. The molecule has 0 rings (SSSR count). The Morgan fingerprint density at radius 3 is 2.50 bits per heavy atom. The van der Waals surface area contributed by atoms with Crippen molar-refractivity contribution in [2.45, 2.75) is 26.9 Å². The molecule has 68 valence electrons. The molecule has 0 aliphatic rings. The third-order valence-electron chi connectivity index (χ3n) is 1.72. The predicted octanol–water partition coefficient (Wildman–Crippen LogP) is 1.28. The first-order valence-corrected chi connectivity index (χ1v) is 3.91. The van der Waals surface area contributed by atoms with Crippen LogP contribution in [0.3, 0.4) is 0 Å². The molecule has 0 aromatic rings. The second kappa shape index (κ2) is 5.46. The van der Waals surface area contributed by atoms with Gasteiger partial charge >= 0.3 is 0 Å². The Bertz CT molecular complexity index is 185. The second-order valence-electron chi connectivity index (χ2n) is 2.63. The van der Waals surface area contributed by atoms with Crippen molar-refractivity contribution in [3.63, 3.8) is 0 Å². The van der Waals surface area contributed by atoms with Gasteiger partial charge in [0.05, 0.1) is 6.34 Å². The van der Waals surface area contributed by atoms with Gasteiger partial charge in [-0.05, 0) is 20.1 Å². The molecule has 0 amide bonds. The van der Waals surface area contributed by atoms with Gasteiger partial charge in [0.25, 0.3) is 0 Å². The van der Waals surface area contributed by atoms with Crippen LogP contribution in [0.4, 0.5) is 0 Å². The molecule has 0 saturated carbocycles.